The van der Waals surface area contributed by atoms with Gasteiger partial charge in [0, 0.05) is 28.0 Å². The summed E-state index contributed by atoms with van der Waals surface area (Å²) in [4.78, 5) is 15.2. The zero-order valence-corrected chi connectivity index (χ0v) is 16.2. The molecule has 0 spiro atoms. The molecule has 0 aliphatic heterocycles. The maximum absolute atomic E-state index is 14.4. The Bertz CT molecular complexity index is 970. The molecule has 0 aliphatic rings. The summed E-state index contributed by atoms with van der Waals surface area (Å²) in [6, 6.07) is 8.75. The highest BCUT2D eigenvalue weighted by atomic mass is 79.9. The van der Waals surface area contributed by atoms with Gasteiger partial charge >= 0.3 is 0 Å². The molecule has 7 heteroatoms. The topological polar surface area (TPSA) is 65.1 Å². The Balaban J connectivity index is 2.01. The minimum absolute atomic E-state index is 0.141. The van der Waals surface area contributed by atoms with Crippen LogP contribution in [-0.4, -0.2) is 28.6 Å². The molecule has 27 heavy (non-hydrogen) atoms. The average Bonchev–Trinajstić information content (AvgIpc) is 2.99. The highest BCUT2D eigenvalue weighted by Gasteiger charge is 2.18. The Morgan fingerprint density at radius 2 is 1.96 bits per heavy atom. The number of hydrogen-bond acceptors (Lipinski definition) is 2. The number of halogens is 3. The Labute approximate surface area is 163 Å². The number of aliphatic hydroxyl groups excluding tert-OH is 1. The predicted octanol–water partition coefficient (Wildman–Crippen LogP) is 4.31. The van der Waals surface area contributed by atoms with Gasteiger partial charge in [-0.05, 0) is 60.9 Å². The molecule has 1 heterocycles. The summed E-state index contributed by atoms with van der Waals surface area (Å²) in [6.45, 7) is 1.57. The van der Waals surface area contributed by atoms with E-state index in [1.165, 1.54) is 18.2 Å². The Kier molecular flexibility index (Phi) is 5.92. The van der Waals surface area contributed by atoms with E-state index >= 15 is 0 Å². The van der Waals surface area contributed by atoms with E-state index in [1.807, 2.05) is 0 Å². The first kappa shape index (κ1) is 19.5. The van der Waals surface area contributed by atoms with E-state index in [4.69, 9.17) is 5.11 Å². The highest BCUT2D eigenvalue weighted by Crippen LogP contribution is 2.34. The first-order chi connectivity index (χ1) is 12.9. The lowest BCUT2D eigenvalue weighted by atomic mass is 10.0. The fraction of sp³-hybridized carbons (Fsp3) is 0.250. The lowest BCUT2D eigenvalue weighted by Crippen LogP contribution is -2.35. The Morgan fingerprint density at radius 3 is 2.63 bits per heavy atom. The largest absolute Gasteiger partial charge is 0.394 e. The van der Waals surface area contributed by atoms with Gasteiger partial charge in [0.05, 0.1) is 12.1 Å². The molecule has 0 aliphatic carbocycles. The fourth-order valence-electron chi connectivity index (χ4n) is 3.03. The van der Waals surface area contributed by atoms with Crippen LogP contribution in [0.4, 0.5) is 8.78 Å². The number of aromatic nitrogens is 1. The molecule has 3 rings (SSSR count). The number of carbonyl (C=O) groups is 1. The van der Waals surface area contributed by atoms with E-state index in [-0.39, 0.29) is 30.8 Å². The van der Waals surface area contributed by atoms with Gasteiger partial charge in [0.1, 0.15) is 11.6 Å². The number of carbonyl (C=O) groups excluding carboxylic acids is 1. The minimum Gasteiger partial charge on any atom is -0.394 e. The number of rotatable bonds is 6. The van der Waals surface area contributed by atoms with Crippen LogP contribution < -0.4 is 5.32 Å². The normalized spacial score (nSPS) is 12.3. The van der Waals surface area contributed by atoms with Crippen LogP contribution in [0.2, 0.25) is 0 Å². The summed E-state index contributed by atoms with van der Waals surface area (Å²) in [7, 11) is 0. The molecular weight excluding hydrogens is 418 g/mol. The molecule has 0 saturated carbocycles. The molecule has 3 N–H and O–H groups in total. The standard InChI is InChI=1S/C20H19BrF2N2O2/c1-11(10-26)24-18(27)7-6-15-16-8-13(21)9-17(23)20(16)25-19(15)12-2-4-14(22)5-3-12/h2-5,8-9,11,25-26H,6-7,10H2,1H3,(H,24,27)/t11-/m1/s1. The number of fused-ring (bicyclic) bond motifs is 1. The van der Waals surface area contributed by atoms with Crippen molar-refractivity contribution in [1.29, 1.82) is 0 Å². The minimum atomic E-state index is -0.410. The maximum Gasteiger partial charge on any atom is 0.220 e. The third-order valence-corrected chi connectivity index (χ3v) is 4.81. The average molecular weight is 437 g/mol. The summed E-state index contributed by atoms with van der Waals surface area (Å²) >= 11 is 3.30. The van der Waals surface area contributed by atoms with E-state index in [2.05, 4.69) is 26.2 Å². The molecule has 0 fully saturated rings. The second kappa shape index (κ2) is 8.19. The number of aliphatic hydroxyl groups is 1. The van der Waals surface area contributed by atoms with Crippen LogP contribution in [0.25, 0.3) is 22.2 Å². The lowest BCUT2D eigenvalue weighted by molar-refractivity contribution is -0.121. The van der Waals surface area contributed by atoms with Crippen molar-refractivity contribution in [2.24, 2.45) is 0 Å². The van der Waals surface area contributed by atoms with Crippen molar-refractivity contribution in [3.8, 4) is 11.3 Å². The van der Waals surface area contributed by atoms with Crippen LogP contribution in [0, 0.1) is 11.6 Å². The molecule has 1 aromatic heterocycles. The summed E-state index contributed by atoms with van der Waals surface area (Å²) in [6.07, 6.45) is 0.548. The van der Waals surface area contributed by atoms with E-state index in [1.54, 1.807) is 25.1 Å². The molecule has 1 atom stereocenters. The maximum atomic E-state index is 14.4. The predicted molar refractivity (Wildman–Crippen MR) is 104 cm³/mol. The van der Waals surface area contributed by atoms with Gasteiger partial charge in [-0.25, -0.2) is 8.78 Å². The highest BCUT2D eigenvalue weighted by molar-refractivity contribution is 9.10. The number of nitrogens with one attached hydrogen (secondary N) is 2. The van der Waals surface area contributed by atoms with Crippen molar-refractivity contribution in [2.75, 3.05) is 6.61 Å². The number of benzene rings is 2. The van der Waals surface area contributed by atoms with Gasteiger partial charge in [0.2, 0.25) is 5.91 Å². The van der Waals surface area contributed by atoms with Gasteiger partial charge in [-0.2, -0.15) is 0 Å². The van der Waals surface area contributed by atoms with Crippen LogP contribution in [0.3, 0.4) is 0 Å². The molecule has 4 nitrogen and oxygen atoms in total. The molecule has 2 aromatic carbocycles. The number of aryl methyl sites for hydroxylation is 1. The van der Waals surface area contributed by atoms with Crippen molar-refractivity contribution >= 4 is 32.7 Å². The molecular formula is C20H19BrF2N2O2. The van der Waals surface area contributed by atoms with Crippen molar-refractivity contribution in [1.82, 2.24) is 10.3 Å². The second-order valence-electron chi connectivity index (χ2n) is 6.45. The van der Waals surface area contributed by atoms with Gasteiger partial charge in [-0.3, -0.25) is 4.79 Å². The lowest BCUT2D eigenvalue weighted by Gasteiger charge is -2.11. The van der Waals surface area contributed by atoms with E-state index < -0.39 is 5.82 Å². The number of aromatic amines is 1. The molecule has 3 aromatic rings. The van der Waals surface area contributed by atoms with Crippen LogP contribution in [0.5, 0.6) is 0 Å². The number of H-pyrrole nitrogens is 1. The zero-order chi connectivity index (χ0) is 19.6. The van der Waals surface area contributed by atoms with Gasteiger partial charge in [0.25, 0.3) is 0 Å². The van der Waals surface area contributed by atoms with Crippen molar-refractivity contribution in [3.05, 3.63) is 58.1 Å². The molecule has 0 bridgehead atoms. The van der Waals surface area contributed by atoms with Crippen LogP contribution in [0.1, 0.15) is 18.9 Å². The first-order valence-corrected chi connectivity index (χ1v) is 9.34. The van der Waals surface area contributed by atoms with E-state index in [9.17, 15) is 13.6 Å². The Morgan fingerprint density at radius 1 is 1.26 bits per heavy atom. The smallest absolute Gasteiger partial charge is 0.220 e. The molecule has 0 radical (unpaired) electrons. The third kappa shape index (κ3) is 4.36. The summed E-state index contributed by atoms with van der Waals surface area (Å²) in [5.74, 6) is -0.971. The van der Waals surface area contributed by atoms with Gasteiger partial charge < -0.3 is 15.4 Å². The quantitative estimate of drug-likeness (QED) is 0.539. The second-order valence-corrected chi connectivity index (χ2v) is 7.36. The fourth-order valence-corrected chi connectivity index (χ4v) is 3.46. The van der Waals surface area contributed by atoms with E-state index in [0.717, 1.165) is 5.56 Å². The summed E-state index contributed by atoms with van der Waals surface area (Å²) in [5.41, 5.74) is 2.49. The first-order valence-electron chi connectivity index (χ1n) is 8.54. The van der Waals surface area contributed by atoms with Crippen LogP contribution in [-0.2, 0) is 11.2 Å². The summed E-state index contributed by atoms with van der Waals surface area (Å²) in [5, 5.41) is 12.4. The number of hydrogen-bond donors (Lipinski definition) is 3. The molecule has 0 saturated heterocycles. The molecule has 1 amide bonds. The van der Waals surface area contributed by atoms with Crippen molar-refractivity contribution in [3.63, 3.8) is 0 Å². The monoisotopic (exact) mass is 436 g/mol. The zero-order valence-electron chi connectivity index (χ0n) is 14.7. The molecule has 142 valence electrons. The van der Waals surface area contributed by atoms with Crippen LogP contribution in [0.15, 0.2) is 40.9 Å². The number of amides is 1. The molecule has 0 unspecified atom stereocenters. The van der Waals surface area contributed by atoms with Gasteiger partial charge in [0.15, 0.2) is 0 Å². The van der Waals surface area contributed by atoms with E-state index in [0.29, 0.717) is 33.1 Å². The van der Waals surface area contributed by atoms with Gasteiger partial charge in [-0.1, -0.05) is 15.9 Å². The van der Waals surface area contributed by atoms with Gasteiger partial charge in [-0.15, -0.1) is 0 Å². The van der Waals surface area contributed by atoms with Crippen molar-refractivity contribution < 1.29 is 18.7 Å². The third-order valence-electron chi connectivity index (χ3n) is 4.35. The Hall–Kier alpha value is -2.25. The summed E-state index contributed by atoms with van der Waals surface area (Å²) < 4.78 is 28.3. The van der Waals surface area contributed by atoms with Crippen molar-refractivity contribution in [2.45, 2.75) is 25.8 Å². The van der Waals surface area contributed by atoms with Crippen LogP contribution >= 0.6 is 15.9 Å². The SMILES string of the molecule is C[C@H](CO)NC(=O)CCc1c(-c2ccc(F)cc2)[nH]c2c(F)cc(Br)cc12.